The average Bonchev–Trinajstić information content (AvgIpc) is 3.01. The van der Waals surface area contributed by atoms with Gasteiger partial charge in [-0.2, -0.15) is 0 Å². The molecule has 0 bridgehead atoms. The Morgan fingerprint density at radius 2 is 2.44 bits per heavy atom. The average molecular weight is 243 g/mol. The lowest BCUT2D eigenvalue weighted by Crippen LogP contribution is -2.16. The second-order valence-corrected chi connectivity index (χ2v) is 4.75. The lowest BCUT2D eigenvalue weighted by Gasteiger charge is -2.04. The molecule has 1 aliphatic rings. The molecule has 6 nitrogen and oxygen atoms in total. The van der Waals surface area contributed by atoms with Crippen molar-refractivity contribution in [3.8, 4) is 0 Å². The molecule has 0 atom stereocenters. The van der Waals surface area contributed by atoms with E-state index >= 15 is 0 Å². The zero-order chi connectivity index (χ0) is 11.2. The van der Waals surface area contributed by atoms with Crippen LogP contribution in [0.1, 0.15) is 12.8 Å². The van der Waals surface area contributed by atoms with Gasteiger partial charge in [0.05, 0.1) is 19.1 Å². The van der Waals surface area contributed by atoms with Gasteiger partial charge in [-0.15, -0.1) is 5.10 Å². The number of likely N-dealkylation sites (N-methyl/N-ethyl adjacent to an activating group) is 1. The summed E-state index contributed by atoms with van der Waals surface area (Å²) >= 11 is 1.55. The summed E-state index contributed by atoms with van der Waals surface area (Å²) in [5.74, 6) is 1.44. The van der Waals surface area contributed by atoms with Crippen molar-refractivity contribution in [2.24, 2.45) is 5.92 Å². The maximum atomic E-state index is 5.53. The standard InChI is InChI=1S/C9H17N5OS/c1-10-4-5-14-9(11-12-13-14)16-7-15-6-8-2-3-8/h8,10H,2-7H2,1H3. The van der Waals surface area contributed by atoms with E-state index in [0.29, 0.717) is 5.94 Å². The minimum atomic E-state index is 0.635. The number of ether oxygens (including phenoxy) is 1. The van der Waals surface area contributed by atoms with Crippen LogP contribution in [-0.4, -0.2) is 46.3 Å². The van der Waals surface area contributed by atoms with E-state index in [-0.39, 0.29) is 0 Å². The van der Waals surface area contributed by atoms with Crippen molar-refractivity contribution in [3.63, 3.8) is 0 Å². The fourth-order valence-electron chi connectivity index (χ4n) is 1.25. The number of thioether (sulfide) groups is 1. The predicted molar refractivity (Wildman–Crippen MR) is 61.1 cm³/mol. The zero-order valence-electron chi connectivity index (χ0n) is 9.43. The van der Waals surface area contributed by atoms with Gasteiger partial charge in [0.1, 0.15) is 0 Å². The van der Waals surface area contributed by atoms with E-state index in [4.69, 9.17) is 4.74 Å². The number of tetrazole rings is 1. The Hall–Kier alpha value is -0.660. The molecular formula is C9H17N5OS. The van der Waals surface area contributed by atoms with E-state index in [1.54, 1.807) is 16.4 Å². The van der Waals surface area contributed by atoms with Gasteiger partial charge in [-0.1, -0.05) is 11.8 Å². The molecule has 0 unspecified atom stereocenters. The Kier molecular flexibility index (Phi) is 4.55. The summed E-state index contributed by atoms with van der Waals surface area (Å²) in [4.78, 5) is 0. The van der Waals surface area contributed by atoms with Gasteiger partial charge in [0.15, 0.2) is 0 Å². The Balaban J connectivity index is 1.67. The van der Waals surface area contributed by atoms with Crippen molar-refractivity contribution < 1.29 is 4.74 Å². The molecule has 1 heterocycles. The normalized spacial score (nSPS) is 15.6. The lowest BCUT2D eigenvalue weighted by molar-refractivity contribution is 0.170. The van der Waals surface area contributed by atoms with Crippen molar-refractivity contribution in [3.05, 3.63) is 0 Å². The minimum absolute atomic E-state index is 0.635. The van der Waals surface area contributed by atoms with E-state index < -0.39 is 0 Å². The quantitative estimate of drug-likeness (QED) is 0.404. The van der Waals surface area contributed by atoms with Gasteiger partial charge in [-0.3, -0.25) is 0 Å². The number of nitrogens with zero attached hydrogens (tertiary/aromatic N) is 4. The van der Waals surface area contributed by atoms with E-state index in [0.717, 1.165) is 30.8 Å². The van der Waals surface area contributed by atoms with Crippen LogP contribution in [-0.2, 0) is 11.3 Å². The highest BCUT2D eigenvalue weighted by Crippen LogP contribution is 2.29. The summed E-state index contributed by atoms with van der Waals surface area (Å²) in [6, 6.07) is 0. The van der Waals surface area contributed by atoms with Gasteiger partial charge < -0.3 is 10.1 Å². The molecule has 16 heavy (non-hydrogen) atoms. The van der Waals surface area contributed by atoms with Crippen LogP contribution in [0.3, 0.4) is 0 Å². The van der Waals surface area contributed by atoms with Crippen LogP contribution < -0.4 is 5.32 Å². The van der Waals surface area contributed by atoms with Crippen LogP contribution in [0, 0.1) is 5.92 Å². The Morgan fingerprint density at radius 1 is 1.56 bits per heavy atom. The third kappa shape index (κ3) is 3.73. The number of nitrogens with one attached hydrogen (secondary N) is 1. The molecule has 0 aliphatic heterocycles. The van der Waals surface area contributed by atoms with Crippen LogP contribution in [0.15, 0.2) is 5.16 Å². The molecule has 1 fully saturated rings. The predicted octanol–water partition coefficient (Wildman–Crippen LogP) is 0.369. The molecule has 0 amide bonds. The van der Waals surface area contributed by atoms with Gasteiger partial charge in [0.25, 0.3) is 0 Å². The number of hydrogen-bond donors (Lipinski definition) is 1. The molecular weight excluding hydrogens is 226 g/mol. The molecule has 2 rings (SSSR count). The molecule has 0 radical (unpaired) electrons. The topological polar surface area (TPSA) is 64.9 Å². The summed E-state index contributed by atoms with van der Waals surface area (Å²) in [6.07, 6.45) is 2.65. The Labute approximate surface area is 99.1 Å². The molecule has 1 aliphatic carbocycles. The summed E-state index contributed by atoms with van der Waals surface area (Å²) < 4.78 is 7.32. The molecule has 1 N–H and O–H groups in total. The summed E-state index contributed by atoms with van der Waals surface area (Å²) in [7, 11) is 1.91. The molecule has 0 saturated heterocycles. The largest absolute Gasteiger partial charge is 0.370 e. The number of rotatable bonds is 8. The first kappa shape index (κ1) is 11.8. The first-order valence-corrected chi connectivity index (χ1v) is 6.50. The van der Waals surface area contributed by atoms with Crippen molar-refractivity contribution >= 4 is 11.8 Å². The first-order chi connectivity index (χ1) is 7.90. The van der Waals surface area contributed by atoms with Crippen LogP contribution in [0.25, 0.3) is 0 Å². The lowest BCUT2D eigenvalue weighted by atomic mass is 10.5. The maximum absolute atomic E-state index is 5.53. The fraction of sp³-hybridized carbons (Fsp3) is 0.889. The van der Waals surface area contributed by atoms with Crippen molar-refractivity contribution in [1.29, 1.82) is 0 Å². The van der Waals surface area contributed by atoms with Gasteiger partial charge >= 0.3 is 0 Å². The fourth-order valence-corrected chi connectivity index (χ4v) is 1.91. The van der Waals surface area contributed by atoms with Crippen LogP contribution in [0.5, 0.6) is 0 Å². The Morgan fingerprint density at radius 3 is 3.19 bits per heavy atom. The third-order valence-electron chi connectivity index (χ3n) is 2.39. The molecule has 90 valence electrons. The monoisotopic (exact) mass is 243 g/mol. The van der Waals surface area contributed by atoms with Crippen LogP contribution in [0.4, 0.5) is 0 Å². The molecule has 1 saturated carbocycles. The third-order valence-corrected chi connectivity index (χ3v) is 3.23. The van der Waals surface area contributed by atoms with Gasteiger partial charge in [0, 0.05) is 6.54 Å². The second kappa shape index (κ2) is 6.17. The molecule has 7 heteroatoms. The summed E-state index contributed by atoms with van der Waals surface area (Å²) in [5, 5.41) is 15.4. The maximum Gasteiger partial charge on any atom is 0.211 e. The highest BCUT2D eigenvalue weighted by atomic mass is 32.2. The SMILES string of the molecule is CNCCn1nnnc1SCOCC1CC1. The summed E-state index contributed by atoms with van der Waals surface area (Å²) in [6.45, 7) is 2.53. The molecule has 0 aromatic carbocycles. The second-order valence-electron chi connectivity index (χ2n) is 3.86. The van der Waals surface area contributed by atoms with Gasteiger partial charge in [-0.25, -0.2) is 4.68 Å². The van der Waals surface area contributed by atoms with Crippen molar-refractivity contribution in [1.82, 2.24) is 25.5 Å². The van der Waals surface area contributed by atoms with E-state index in [1.165, 1.54) is 12.8 Å². The summed E-state index contributed by atoms with van der Waals surface area (Å²) in [5.41, 5.74) is 0. The van der Waals surface area contributed by atoms with Crippen LogP contribution >= 0.6 is 11.8 Å². The van der Waals surface area contributed by atoms with Gasteiger partial charge in [0.2, 0.25) is 5.16 Å². The van der Waals surface area contributed by atoms with Gasteiger partial charge in [-0.05, 0) is 36.2 Å². The highest BCUT2D eigenvalue weighted by molar-refractivity contribution is 7.99. The minimum Gasteiger partial charge on any atom is -0.370 e. The van der Waals surface area contributed by atoms with E-state index in [2.05, 4.69) is 20.8 Å². The van der Waals surface area contributed by atoms with E-state index in [1.807, 2.05) is 7.05 Å². The van der Waals surface area contributed by atoms with Crippen molar-refractivity contribution in [2.45, 2.75) is 24.5 Å². The zero-order valence-corrected chi connectivity index (χ0v) is 10.2. The Bertz CT molecular complexity index is 315. The smallest absolute Gasteiger partial charge is 0.211 e. The highest BCUT2D eigenvalue weighted by Gasteiger charge is 2.21. The molecule has 1 aromatic rings. The van der Waals surface area contributed by atoms with Crippen LogP contribution in [0.2, 0.25) is 0 Å². The first-order valence-electron chi connectivity index (χ1n) is 5.51. The molecule has 1 aromatic heterocycles. The van der Waals surface area contributed by atoms with Crippen molar-refractivity contribution in [2.75, 3.05) is 26.1 Å². The molecule has 0 spiro atoms. The number of aromatic nitrogens is 4. The number of hydrogen-bond acceptors (Lipinski definition) is 6. The van der Waals surface area contributed by atoms with E-state index in [9.17, 15) is 0 Å².